The molecule has 0 bridgehead atoms. The molecule has 1 fully saturated rings. The molecule has 2 rings (SSSR count). The second-order valence-electron chi connectivity index (χ2n) is 8.11. The fraction of sp³-hybridized carbons (Fsp3) is 0.333. The van der Waals surface area contributed by atoms with E-state index in [1.807, 2.05) is 0 Å². The van der Waals surface area contributed by atoms with E-state index in [4.69, 9.17) is 0 Å². The number of rotatable bonds is 9. The largest absolute Gasteiger partial charge is 0.206 e. The van der Waals surface area contributed by atoms with Gasteiger partial charge in [-0.2, -0.15) is 0 Å². The van der Waals surface area contributed by atoms with Crippen molar-refractivity contribution in [2.45, 2.75) is 57.8 Å². The predicted octanol–water partition coefficient (Wildman–Crippen LogP) is 8.60. The molecule has 0 amide bonds. The van der Waals surface area contributed by atoms with Crippen LogP contribution in [0.3, 0.4) is 0 Å². The van der Waals surface area contributed by atoms with Gasteiger partial charge in [-0.3, -0.25) is 0 Å². The van der Waals surface area contributed by atoms with Crippen molar-refractivity contribution in [2.75, 3.05) is 0 Å². The Morgan fingerprint density at radius 3 is 2.30 bits per heavy atom. The van der Waals surface area contributed by atoms with E-state index in [0.29, 0.717) is 40.7 Å². The molecule has 1 aromatic carbocycles. The van der Waals surface area contributed by atoms with Gasteiger partial charge in [0.2, 0.25) is 0 Å². The van der Waals surface area contributed by atoms with Crippen LogP contribution in [0.1, 0.15) is 62.5 Å². The number of halogens is 3. The van der Waals surface area contributed by atoms with Crippen LogP contribution in [0.25, 0.3) is 0 Å². The van der Waals surface area contributed by atoms with Crippen LogP contribution in [0.4, 0.5) is 13.2 Å². The molecule has 1 aliphatic carbocycles. The molecule has 30 heavy (non-hydrogen) atoms. The third-order valence-electron chi connectivity index (χ3n) is 5.52. The fourth-order valence-electron chi connectivity index (χ4n) is 3.68. The van der Waals surface area contributed by atoms with Crippen LogP contribution < -0.4 is 0 Å². The molecular formula is C27H31F3. The molecule has 0 spiro atoms. The van der Waals surface area contributed by atoms with Gasteiger partial charge in [0.25, 0.3) is 0 Å². The summed E-state index contributed by atoms with van der Waals surface area (Å²) >= 11 is 0. The molecule has 0 atom stereocenters. The van der Waals surface area contributed by atoms with Gasteiger partial charge >= 0.3 is 0 Å². The van der Waals surface area contributed by atoms with E-state index in [2.05, 4.69) is 26.3 Å². The van der Waals surface area contributed by atoms with Crippen LogP contribution in [0.15, 0.2) is 84.8 Å². The minimum atomic E-state index is -0.750. The maximum absolute atomic E-state index is 14.6. The molecule has 1 saturated carbocycles. The van der Waals surface area contributed by atoms with Crippen LogP contribution in [0.2, 0.25) is 0 Å². The van der Waals surface area contributed by atoms with Crippen LogP contribution >= 0.6 is 0 Å². The molecule has 1 aliphatic rings. The first-order chi connectivity index (χ1) is 14.2. The van der Waals surface area contributed by atoms with Crippen molar-refractivity contribution in [3.05, 3.63) is 108 Å². The Kier molecular flexibility index (Phi) is 8.71. The number of aryl methyl sites for hydroxylation is 1. The summed E-state index contributed by atoms with van der Waals surface area (Å²) in [5.41, 5.74) is 2.74. The summed E-state index contributed by atoms with van der Waals surface area (Å²) in [7, 11) is 0. The summed E-state index contributed by atoms with van der Waals surface area (Å²) in [5.74, 6) is -1.82. The lowest BCUT2D eigenvalue weighted by atomic mass is 9.83. The normalized spacial score (nSPS) is 15.4. The van der Waals surface area contributed by atoms with Crippen molar-refractivity contribution in [2.24, 2.45) is 0 Å². The van der Waals surface area contributed by atoms with Gasteiger partial charge in [0.05, 0.1) is 0 Å². The Labute approximate surface area is 178 Å². The molecule has 0 radical (unpaired) electrons. The predicted molar refractivity (Wildman–Crippen MR) is 121 cm³/mol. The first kappa shape index (κ1) is 23.7. The molecular weight excluding hydrogens is 381 g/mol. The Balaban J connectivity index is 1.96. The van der Waals surface area contributed by atoms with Gasteiger partial charge in [-0.05, 0) is 61.3 Å². The molecule has 0 N–H and O–H groups in total. The van der Waals surface area contributed by atoms with E-state index in [-0.39, 0.29) is 11.5 Å². The summed E-state index contributed by atoms with van der Waals surface area (Å²) < 4.78 is 43.1. The third-order valence-corrected chi connectivity index (χ3v) is 5.52. The van der Waals surface area contributed by atoms with Crippen LogP contribution in [-0.4, -0.2) is 0 Å². The summed E-state index contributed by atoms with van der Waals surface area (Å²) in [4.78, 5) is 0. The van der Waals surface area contributed by atoms with Crippen molar-refractivity contribution in [1.29, 1.82) is 0 Å². The van der Waals surface area contributed by atoms with E-state index < -0.39 is 17.5 Å². The third kappa shape index (κ3) is 6.48. The van der Waals surface area contributed by atoms with Gasteiger partial charge < -0.3 is 0 Å². The maximum Gasteiger partial charge on any atom is 0.162 e. The standard InChI is InChI=1S/C27H31F3/c1-18(2)17-25(28)21(5)20(4)13-11-19(3)12-14-23-15-16-24(27(30)26(23)29)22-9-7-6-8-10-22/h11,13,15-17,22H,1,3-10,12,14H2,2H3/b13-11-,25-17+. The minimum Gasteiger partial charge on any atom is -0.206 e. The lowest BCUT2D eigenvalue weighted by Gasteiger charge is -2.23. The zero-order chi connectivity index (χ0) is 22.3. The Morgan fingerprint density at radius 2 is 1.67 bits per heavy atom. The molecule has 0 heterocycles. The second-order valence-corrected chi connectivity index (χ2v) is 8.11. The Bertz CT molecular complexity index is 893. The molecule has 0 aliphatic heterocycles. The molecule has 160 valence electrons. The smallest absolute Gasteiger partial charge is 0.162 e. The van der Waals surface area contributed by atoms with Crippen molar-refractivity contribution in [1.82, 2.24) is 0 Å². The Morgan fingerprint density at radius 1 is 1.00 bits per heavy atom. The van der Waals surface area contributed by atoms with Crippen molar-refractivity contribution < 1.29 is 13.2 Å². The van der Waals surface area contributed by atoms with E-state index >= 15 is 0 Å². The van der Waals surface area contributed by atoms with E-state index in [9.17, 15) is 13.2 Å². The van der Waals surface area contributed by atoms with Crippen molar-refractivity contribution in [3.8, 4) is 0 Å². The zero-order valence-electron chi connectivity index (χ0n) is 17.9. The number of allylic oxidation sites excluding steroid dienone is 8. The molecule has 0 nitrogen and oxygen atoms in total. The van der Waals surface area contributed by atoms with Gasteiger partial charge in [-0.25, -0.2) is 13.2 Å². The molecule has 1 aromatic rings. The van der Waals surface area contributed by atoms with Gasteiger partial charge in [-0.1, -0.05) is 81.0 Å². The molecule has 0 unspecified atom stereocenters. The van der Waals surface area contributed by atoms with E-state index in [0.717, 1.165) is 25.7 Å². The monoisotopic (exact) mass is 412 g/mol. The lowest BCUT2D eigenvalue weighted by Crippen LogP contribution is -2.09. The zero-order valence-corrected chi connectivity index (χ0v) is 17.9. The highest BCUT2D eigenvalue weighted by Gasteiger charge is 2.22. The van der Waals surface area contributed by atoms with E-state index in [1.165, 1.54) is 12.5 Å². The maximum atomic E-state index is 14.6. The highest BCUT2D eigenvalue weighted by atomic mass is 19.2. The molecule has 0 saturated heterocycles. The van der Waals surface area contributed by atoms with Gasteiger partial charge in [-0.15, -0.1) is 0 Å². The van der Waals surface area contributed by atoms with Gasteiger partial charge in [0, 0.05) is 5.57 Å². The highest BCUT2D eigenvalue weighted by molar-refractivity contribution is 5.48. The lowest BCUT2D eigenvalue weighted by molar-refractivity contribution is 0.415. The van der Waals surface area contributed by atoms with Crippen molar-refractivity contribution >= 4 is 0 Å². The SMILES string of the molecule is C=C(C)/C=C(/F)C(=C)C(=C)/C=C\C(=C)CCc1ccc(C2CCCCC2)c(F)c1F. The molecule has 0 aromatic heterocycles. The molecule has 3 heteroatoms. The first-order valence-electron chi connectivity index (χ1n) is 10.4. The van der Waals surface area contributed by atoms with Crippen LogP contribution in [0.5, 0.6) is 0 Å². The summed E-state index contributed by atoms with van der Waals surface area (Å²) in [5, 5.41) is 0. The minimum absolute atomic E-state index is 0.124. The number of benzene rings is 1. The average Bonchev–Trinajstić information content (AvgIpc) is 2.72. The van der Waals surface area contributed by atoms with E-state index in [1.54, 1.807) is 31.2 Å². The van der Waals surface area contributed by atoms with Gasteiger partial charge in [0.1, 0.15) is 5.83 Å². The number of hydrogen-bond acceptors (Lipinski definition) is 0. The van der Waals surface area contributed by atoms with Crippen molar-refractivity contribution in [3.63, 3.8) is 0 Å². The Hall–Kier alpha value is -2.55. The fourth-order valence-corrected chi connectivity index (χ4v) is 3.68. The highest BCUT2D eigenvalue weighted by Crippen LogP contribution is 2.35. The quantitative estimate of drug-likeness (QED) is 0.356. The van der Waals surface area contributed by atoms with Crippen LogP contribution in [0, 0.1) is 11.6 Å². The second kappa shape index (κ2) is 11.0. The average molecular weight is 413 g/mol. The van der Waals surface area contributed by atoms with Gasteiger partial charge in [0.15, 0.2) is 11.6 Å². The summed E-state index contributed by atoms with van der Waals surface area (Å²) in [6.45, 7) is 16.8. The summed E-state index contributed by atoms with van der Waals surface area (Å²) in [6, 6.07) is 3.43. The summed E-state index contributed by atoms with van der Waals surface area (Å²) in [6.07, 6.45) is 10.6. The number of hydrogen-bond donors (Lipinski definition) is 0. The first-order valence-corrected chi connectivity index (χ1v) is 10.4. The topological polar surface area (TPSA) is 0 Å². The van der Waals surface area contributed by atoms with Crippen LogP contribution in [-0.2, 0) is 6.42 Å².